The predicted octanol–water partition coefficient (Wildman–Crippen LogP) is 5.72. The Bertz CT molecular complexity index is 882. The number of unbranched alkanes of at least 4 members (excludes halogenated alkanes) is 1. The second-order valence-corrected chi connectivity index (χ2v) is 16.4. The van der Waals surface area contributed by atoms with Gasteiger partial charge in [0, 0.05) is 0 Å². The maximum absolute atomic E-state index is 13.6. The van der Waals surface area contributed by atoms with Gasteiger partial charge in [-0.2, -0.15) is 0 Å². The van der Waals surface area contributed by atoms with Crippen LogP contribution in [0.2, 0.25) is 0 Å². The molecular formula is C24H24BrF2O2P. The SMILES string of the molecule is O=C(O)C(F)(F)CCCCP(Br)(c1ccccc1)(c1ccccc1)c1ccccc1. The first kappa shape index (κ1) is 22.6. The molecule has 0 radical (unpaired) electrons. The number of carbonyl (C=O) groups is 1. The normalized spacial score (nSPS) is 13.4. The van der Waals surface area contributed by atoms with E-state index in [1.54, 1.807) is 0 Å². The van der Waals surface area contributed by atoms with Crippen molar-refractivity contribution in [3.63, 3.8) is 0 Å². The molecule has 158 valence electrons. The molecule has 0 aliphatic rings. The molecule has 1 N–H and O–H groups in total. The first-order chi connectivity index (χ1) is 14.3. The number of halogens is 3. The van der Waals surface area contributed by atoms with Gasteiger partial charge in [0.05, 0.1) is 0 Å². The van der Waals surface area contributed by atoms with Crippen LogP contribution in [0.3, 0.4) is 0 Å². The van der Waals surface area contributed by atoms with E-state index in [1.807, 2.05) is 54.6 Å². The monoisotopic (exact) mass is 492 g/mol. The maximum atomic E-state index is 13.6. The molecule has 0 unspecified atom stereocenters. The molecule has 0 aliphatic heterocycles. The van der Waals surface area contributed by atoms with E-state index in [9.17, 15) is 13.6 Å². The van der Waals surface area contributed by atoms with Crippen LogP contribution in [-0.2, 0) is 4.79 Å². The van der Waals surface area contributed by atoms with Crippen LogP contribution < -0.4 is 15.9 Å². The van der Waals surface area contributed by atoms with Crippen molar-refractivity contribution >= 4 is 42.7 Å². The number of hydrogen-bond donors (Lipinski definition) is 1. The molecule has 0 amide bonds. The number of carboxylic acids is 1. The van der Waals surface area contributed by atoms with Gasteiger partial charge < -0.3 is 0 Å². The molecule has 0 spiro atoms. The van der Waals surface area contributed by atoms with Crippen LogP contribution in [0, 0.1) is 0 Å². The Morgan fingerprint density at radius 2 is 1.13 bits per heavy atom. The van der Waals surface area contributed by atoms with Crippen LogP contribution in [0.1, 0.15) is 19.3 Å². The van der Waals surface area contributed by atoms with Crippen LogP contribution in [0.4, 0.5) is 8.78 Å². The Morgan fingerprint density at radius 3 is 1.47 bits per heavy atom. The third-order valence-electron chi connectivity index (χ3n) is 5.52. The fourth-order valence-electron chi connectivity index (χ4n) is 3.91. The average Bonchev–Trinajstić information content (AvgIpc) is 2.78. The van der Waals surface area contributed by atoms with Gasteiger partial charge in [-0.3, -0.25) is 0 Å². The van der Waals surface area contributed by atoms with E-state index in [-0.39, 0.29) is 6.42 Å². The zero-order valence-corrected chi connectivity index (χ0v) is 18.9. The summed E-state index contributed by atoms with van der Waals surface area (Å²) in [5.74, 6) is -5.76. The van der Waals surface area contributed by atoms with Crippen molar-refractivity contribution in [3.05, 3.63) is 91.0 Å². The second kappa shape index (κ2) is 8.95. The predicted molar refractivity (Wildman–Crippen MR) is 125 cm³/mol. The van der Waals surface area contributed by atoms with Gasteiger partial charge in [0.1, 0.15) is 0 Å². The fraction of sp³-hybridized carbons (Fsp3) is 0.208. The summed E-state index contributed by atoms with van der Waals surface area (Å²) < 4.78 is 27.3. The van der Waals surface area contributed by atoms with Crippen molar-refractivity contribution in [3.8, 4) is 0 Å². The van der Waals surface area contributed by atoms with Crippen molar-refractivity contribution < 1.29 is 18.7 Å². The van der Waals surface area contributed by atoms with E-state index in [1.165, 1.54) is 0 Å². The molecule has 6 heteroatoms. The molecular weight excluding hydrogens is 469 g/mol. The van der Waals surface area contributed by atoms with Gasteiger partial charge in [-0.15, -0.1) is 0 Å². The van der Waals surface area contributed by atoms with Crippen LogP contribution in [0.25, 0.3) is 0 Å². The molecule has 3 aromatic carbocycles. The average molecular weight is 493 g/mol. The Balaban J connectivity index is 2.10. The number of carboxylic acid groups (broad SMARTS) is 1. The standard InChI is InChI=1S/C24H24BrF2O2P/c25-30(20-12-4-1-5-13-20,21-14-6-2-7-15-21,22-16-8-3-9-17-22)19-11-10-18-24(26,27)23(28)29/h1-9,12-17H,10-11,18-19H2,(H,28,29). The molecule has 0 saturated heterocycles. The molecule has 30 heavy (non-hydrogen) atoms. The number of benzene rings is 3. The van der Waals surface area contributed by atoms with E-state index < -0.39 is 23.6 Å². The van der Waals surface area contributed by atoms with Gasteiger partial charge in [0.15, 0.2) is 0 Å². The Morgan fingerprint density at radius 1 is 0.767 bits per heavy atom. The van der Waals surface area contributed by atoms with Crippen molar-refractivity contribution in [2.24, 2.45) is 0 Å². The van der Waals surface area contributed by atoms with Gasteiger partial charge in [0.2, 0.25) is 0 Å². The summed E-state index contributed by atoms with van der Waals surface area (Å²) >= 11 is 4.25. The zero-order chi connectivity index (χ0) is 21.7. The summed E-state index contributed by atoms with van der Waals surface area (Å²) in [6.45, 7) is 0. The van der Waals surface area contributed by atoms with Crippen molar-refractivity contribution in [2.45, 2.75) is 25.2 Å². The zero-order valence-electron chi connectivity index (χ0n) is 16.4. The van der Waals surface area contributed by atoms with Crippen LogP contribution in [-0.4, -0.2) is 23.2 Å². The van der Waals surface area contributed by atoms with E-state index >= 15 is 0 Å². The third kappa shape index (κ3) is 4.19. The number of rotatable bonds is 9. The minimum absolute atomic E-state index is 0.120. The van der Waals surface area contributed by atoms with Crippen LogP contribution in [0.15, 0.2) is 91.0 Å². The Kier molecular flexibility index (Phi) is 6.74. The third-order valence-corrected chi connectivity index (χ3v) is 15.5. The molecule has 0 heterocycles. The van der Waals surface area contributed by atoms with Gasteiger partial charge in [0.25, 0.3) is 0 Å². The number of aliphatic carboxylic acids is 1. The van der Waals surface area contributed by atoms with Gasteiger partial charge in [-0.25, -0.2) is 0 Å². The van der Waals surface area contributed by atoms with Crippen LogP contribution >= 0.6 is 20.8 Å². The summed E-state index contributed by atoms with van der Waals surface area (Å²) in [4.78, 5) is 10.8. The van der Waals surface area contributed by atoms with E-state index in [4.69, 9.17) is 5.11 Å². The van der Waals surface area contributed by atoms with E-state index in [2.05, 4.69) is 51.9 Å². The molecule has 0 aromatic heterocycles. The minimum atomic E-state index is -3.70. The van der Waals surface area contributed by atoms with Crippen molar-refractivity contribution in [1.29, 1.82) is 0 Å². The van der Waals surface area contributed by atoms with E-state index in [0.717, 1.165) is 15.9 Å². The molecule has 0 fully saturated rings. The summed E-state index contributed by atoms with van der Waals surface area (Å²) in [7, 11) is 0. The van der Waals surface area contributed by atoms with Crippen LogP contribution in [0.5, 0.6) is 0 Å². The van der Waals surface area contributed by atoms with Gasteiger partial charge >= 0.3 is 184 Å². The summed E-state index contributed by atoms with van der Waals surface area (Å²) in [5.41, 5.74) is 0. The summed E-state index contributed by atoms with van der Waals surface area (Å²) in [6.07, 6.45) is 0.527. The molecule has 0 aliphatic carbocycles. The molecule has 0 atom stereocenters. The Labute approximate surface area is 183 Å². The van der Waals surface area contributed by atoms with Crippen molar-refractivity contribution in [2.75, 3.05) is 6.16 Å². The number of alkyl halides is 2. The quantitative estimate of drug-likeness (QED) is 0.306. The Hall–Kier alpha value is -2.10. The van der Waals surface area contributed by atoms with Crippen molar-refractivity contribution in [1.82, 2.24) is 0 Å². The molecule has 3 aromatic rings. The first-order valence-electron chi connectivity index (χ1n) is 9.80. The molecule has 3 rings (SSSR count). The fourth-order valence-corrected chi connectivity index (χ4v) is 11.7. The summed E-state index contributed by atoms with van der Waals surface area (Å²) in [5, 5.41) is 8.94. The van der Waals surface area contributed by atoms with E-state index in [0.29, 0.717) is 12.6 Å². The second-order valence-electron chi connectivity index (χ2n) is 7.38. The van der Waals surface area contributed by atoms with Gasteiger partial charge in [-0.1, -0.05) is 0 Å². The molecule has 0 bridgehead atoms. The topological polar surface area (TPSA) is 37.3 Å². The first-order valence-corrected chi connectivity index (χ1v) is 14.2. The molecule has 0 saturated carbocycles. The molecule has 2 nitrogen and oxygen atoms in total. The number of hydrogen-bond acceptors (Lipinski definition) is 1. The van der Waals surface area contributed by atoms with Gasteiger partial charge in [-0.05, 0) is 0 Å². The summed E-state index contributed by atoms with van der Waals surface area (Å²) in [6, 6.07) is 30.3.